The minimum absolute atomic E-state index is 0. The largest absolute Gasteiger partial charge is 0.391 e. The molecule has 1 aliphatic heterocycles. The van der Waals surface area contributed by atoms with Crippen LogP contribution >= 0.6 is 24.0 Å². The van der Waals surface area contributed by atoms with Crippen molar-refractivity contribution in [3.05, 3.63) is 29.6 Å². The highest BCUT2D eigenvalue weighted by Crippen LogP contribution is 2.37. The molecule has 0 bridgehead atoms. The molecule has 0 radical (unpaired) electrons. The van der Waals surface area contributed by atoms with Crippen LogP contribution in [-0.4, -0.2) is 62.8 Å². The minimum atomic E-state index is -4.11. The molecule has 32 heavy (non-hydrogen) atoms. The fourth-order valence-corrected chi connectivity index (χ4v) is 4.36. The van der Waals surface area contributed by atoms with Crippen LogP contribution in [0.2, 0.25) is 0 Å². The number of alkyl halides is 3. The zero-order valence-corrected chi connectivity index (χ0v) is 21.0. The van der Waals surface area contributed by atoms with E-state index in [1.165, 1.54) is 6.07 Å². The van der Waals surface area contributed by atoms with Crippen LogP contribution in [-0.2, 0) is 6.54 Å². The first-order valence-corrected chi connectivity index (χ1v) is 11.1. The van der Waals surface area contributed by atoms with E-state index in [0.717, 1.165) is 38.3 Å². The molecule has 10 heteroatoms. The van der Waals surface area contributed by atoms with Crippen molar-refractivity contribution in [2.75, 3.05) is 44.7 Å². The van der Waals surface area contributed by atoms with E-state index in [0.29, 0.717) is 31.0 Å². The van der Waals surface area contributed by atoms with Crippen LogP contribution in [0.1, 0.15) is 38.2 Å². The number of piperazine rings is 1. The number of benzene rings is 1. The van der Waals surface area contributed by atoms with Gasteiger partial charge in [0.2, 0.25) is 0 Å². The molecule has 2 N–H and O–H groups in total. The van der Waals surface area contributed by atoms with Crippen LogP contribution in [0, 0.1) is 11.7 Å². The monoisotopic (exact) mass is 571 g/mol. The van der Waals surface area contributed by atoms with Crippen LogP contribution in [0.5, 0.6) is 0 Å². The number of hydrogen-bond acceptors (Lipinski definition) is 3. The van der Waals surface area contributed by atoms with E-state index < -0.39 is 12.1 Å². The Bertz CT molecular complexity index is 742. The number of halogens is 5. The molecule has 1 heterocycles. The van der Waals surface area contributed by atoms with Crippen molar-refractivity contribution in [3.8, 4) is 0 Å². The zero-order valence-electron chi connectivity index (χ0n) is 18.7. The fourth-order valence-electron chi connectivity index (χ4n) is 4.36. The molecule has 1 aromatic rings. The molecule has 182 valence electrons. The number of aliphatic imine (C=N–C) groups is 1. The molecular weight excluding hydrogens is 537 g/mol. The summed E-state index contributed by atoms with van der Waals surface area (Å²) in [6.45, 7) is 7.04. The lowest BCUT2D eigenvalue weighted by molar-refractivity contribution is -0.182. The van der Waals surface area contributed by atoms with E-state index in [1.807, 2.05) is 12.1 Å². The predicted molar refractivity (Wildman–Crippen MR) is 131 cm³/mol. The van der Waals surface area contributed by atoms with Crippen LogP contribution in [0.15, 0.2) is 23.2 Å². The van der Waals surface area contributed by atoms with Gasteiger partial charge in [0.1, 0.15) is 5.82 Å². The minimum Gasteiger partial charge on any atom is -0.367 e. The first-order valence-electron chi connectivity index (χ1n) is 11.1. The smallest absolute Gasteiger partial charge is 0.367 e. The lowest BCUT2D eigenvalue weighted by atomic mass is 9.85. The number of anilines is 1. The van der Waals surface area contributed by atoms with Crippen LogP contribution in [0.25, 0.3) is 0 Å². The zero-order chi connectivity index (χ0) is 22.4. The Morgan fingerprint density at radius 1 is 1.09 bits per heavy atom. The number of guanidine groups is 1. The fraction of sp³-hybridized carbons (Fsp3) is 0.682. The highest BCUT2D eigenvalue weighted by Gasteiger charge is 2.41. The van der Waals surface area contributed by atoms with E-state index in [9.17, 15) is 17.6 Å². The molecule has 1 aliphatic carbocycles. The summed E-state index contributed by atoms with van der Waals surface area (Å²) in [5, 5.41) is 6.34. The van der Waals surface area contributed by atoms with Gasteiger partial charge in [0.05, 0.1) is 11.6 Å². The molecule has 0 atom stereocenters. The van der Waals surface area contributed by atoms with E-state index in [2.05, 4.69) is 32.3 Å². The van der Waals surface area contributed by atoms with Crippen molar-refractivity contribution in [1.29, 1.82) is 0 Å². The van der Waals surface area contributed by atoms with Crippen LogP contribution < -0.4 is 15.5 Å². The highest BCUT2D eigenvalue weighted by atomic mass is 127. The third kappa shape index (κ3) is 7.36. The first kappa shape index (κ1) is 26.9. The van der Waals surface area contributed by atoms with Gasteiger partial charge in [-0.25, -0.2) is 4.39 Å². The lowest BCUT2D eigenvalue weighted by Crippen LogP contribution is -2.46. The Balaban J connectivity index is 0.00000363. The number of nitrogens with zero attached hydrogens (tertiary/aromatic N) is 3. The average Bonchev–Trinajstić information content (AvgIpc) is 2.76. The molecule has 0 unspecified atom stereocenters. The summed E-state index contributed by atoms with van der Waals surface area (Å²) >= 11 is 0. The Hall–Kier alpha value is -1.30. The Morgan fingerprint density at radius 2 is 1.75 bits per heavy atom. The van der Waals surface area contributed by atoms with Crippen molar-refractivity contribution in [2.45, 2.75) is 51.4 Å². The lowest BCUT2D eigenvalue weighted by Gasteiger charge is -2.35. The highest BCUT2D eigenvalue weighted by molar-refractivity contribution is 14.0. The quantitative estimate of drug-likeness (QED) is 0.239. The Kier molecular flexibility index (Phi) is 10.3. The average molecular weight is 571 g/mol. The van der Waals surface area contributed by atoms with Gasteiger partial charge >= 0.3 is 6.18 Å². The summed E-state index contributed by atoms with van der Waals surface area (Å²) in [6.07, 6.45) is -2.92. The Morgan fingerprint density at radius 3 is 2.28 bits per heavy atom. The predicted octanol–water partition coefficient (Wildman–Crippen LogP) is 4.37. The van der Waals surface area contributed by atoms with Gasteiger partial charge in [-0.3, -0.25) is 4.99 Å². The van der Waals surface area contributed by atoms with E-state index in [-0.39, 0.29) is 48.7 Å². The van der Waals surface area contributed by atoms with Crippen LogP contribution in [0.4, 0.5) is 23.2 Å². The van der Waals surface area contributed by atoms with Gasteiger partial charge in [0.25, 0.3) is 0 Å². The van der Waals surface area contributed by atoms with Crippen molar-refractivity contribution < 1.29 is 17.6 Å². The first-order chi connectivity index (χ1) is 14.8. The van der Waals surface area contributed by atoms with Gasteiger partial charge in [-0.1, -0.05) is 13.0 Å². The van der Waals surface area contributed by atoms with Gasteiger partial charge < -0.3 is 20.4 Å². The van der Waals surface area contributed by atoms with Gasteiger partial charge in [-0.15, -0.1) is 24.0 Å². The van der Waals surface area contributed by atoms with Gasteiger partial charge in [-0.2, -0.15) is 13.2 Å². The second-order valence-corrected chi connectivity index (χ2v) is 8.37. The Labute approximate surface area is 205 Å². The number of nitrogens with one attached hydrogen (secondary N) is 2. The molecule has 1 aromatic carbocycles. The maximum absolute atomic E-state index is 14.7. The van der Waals surface area contributed by atoms with E-state index in [1.54, 1.807) is 7.05 Å². The summed E-state index contributed by atoms with van der Waals surface area (Å²) in [4.78, 5) is 8.59. The molecule has 0 amide bonds. The van der Waals surface area contributed by atoms with Crippen molar-refractivity contribution in [1.82, 2.24) is 15.5 Å². The van der Waals surface area contributed by atoms with E-state index in [4.69, 9.17) is 0 Å². The molecule has 5 nitrogen and oxygen atoms in total. The molecular formula is C22H34F4IN5. The maximum Gasteiger partial charge on any atom is 0.391 e. The third-order valence-electron chi connectivity index (χ3n) is 6.39. The summed E-state index contributed by atoms with van der Waals surface area (Å²) < 4.78 is 53.2. The second-order valence-electron chi connectivity index (χ2n) is 8.37. The maximum atomic E-state index is 14.7. The summed E-state index contributed by atoms with van der Waals surface area (Å²) in [7, 11) is 1.62. The van der Waals surface area contributed by atoms with E-state index >= 15 is 0 Å². The topological polar surface area (TPSA) is 42.9 Å². The number of hydrogen-bond donors (Lipinski definition) is 2. The van der Waals surface area contributed by atoms with Gasteiger partial charge in [-0.05, 0) is 49.9 Å². The molecule has 0 spiro atoms. The molecule has 2 aliphatic rings. The van der Waals surface area contributed by atoms with Crippen LogP contribution in [0.3, 0.4) is 0 Å². The van der Waals surface area contributed by atoms with Crippen molar-refractivity contribution >= 4 is 35.6 Å². The van der Waals surface area contributed by atoms with Gasteiger partial charge in [0, 0.05) is 45.8 Å². The second kappa shape index (κ2) is 12.2. The number of rotatable bonds is 5. The third-order valence-corrected chi connectivity index (χ3v) is 6.39. The van der Waals surface area contributed by atoms with Crippen molar-refractivity contribution in [2.24, 2.45) is 10.9 Å². The van der Waals surface area contributed by atoms with Crippen molar-refractivity contribution in [3.63, 3.8) is 0 Å². The molecule has 1 saturated heterocycles. The summed E-state index contributed by atoms with van der Waals surface area (Å²) in [5.41, 5.74) is 1.42. The summed E-state index contributed by atoms with van der Waals surface area (Å²) in [6, 6.07) is 5.23. The molecule has 3 rings (SSSR count). The normalized spacial score (nSPS) is 22.9. The standard InChI is InChI=1S/C22H33F4N5.HI/c1-3-30-10-12-31(13-11-30)20-9-4-16(14-19(20)23)15-28-21(27-2)29-18-7-5-17(6-8-18)22(24,25)26;/h4,9,14,17-18H,3,5-8,10-13,15H2,1-2H3,(H2,27,28,29);1H. The SMILES string of the molecule is CCN1CCN(c2ccc(CNC(=NC)NC3CCC(C(F)(F)F)CC3)cc2F)CC1.I. The molecule has 1 saturated carbocycles. The van der Waals surface area contributed by atoms with Gasteiger partial charge in [0.15, 0.2) is 5.96 Å². The molecule has 0 aromatic heterocycles. The summed E-state index contributed by atoms with van der Waals surface area (Å²) in [5.74, 6) is -0.916. The number of likely N-dealkylation sites (N-methyl/N-ethyl adjacent to an activating group) is 1. The molecule has 2 fully saturated rings.